The average molecular weight is 404 g/mol. The summed E-state index contributed by atoms with van der Waals surface area (Å²) in [7, 11) is 0. The summed E-state index contributed by atoms with van der Waals surface area (Å²) in [6.07, 6.45) is -4.83. The molecule has 0 atom stereocenters. The molecule has 5 nitrogen and oxygen atoms in total. The first-order valence-electron chi connectivity index (χ1n) is 8.94. The van der Waals surface area contributed by atoms with Crippen molar-refractivity contribution in [2.45, 2.75) is 20.2 Å². The zero-order valence-corrected chi connectivity index (χ0v) is 15.8. The number of nitrogens with zero attached hydrogens (tertiary/aromatic N) is 1. The molecule has 1 N–H and O–H groups in total. The van der Waals surface area contributed by atoms with E-state index in [4.69, 9.17) is 0 Å². The lowest BCUT2D eigenvalue weighted by molar-refractivity contribution is -0.274. The van der Waals surface area contributed by atoms with Gasteiger partial charge in [0.05, 0.1) is 5.57 Å². The van der Waals surface area contributed by atoms with E-state index in [1.165, 1.54) is 12.1 Å². The minimum Gasteiger partial charge on any atom is -0.406 e. The number of imide groups is 1. The molecular weight excluding hydrogens is 385 g/mol. The van der Waals surface area contributed by atoms with Crippen molar-refractivity contribution < 1.29 is 27.5 Å². The van der Waals surface area contributed by atoms with E-state index < -0.39 is 23.9 Å². The third kappa shape index (κ3) is 4.77. The molecule has 152 valence electrons. The van der Waals surface area contributed by atoms with Crippen LogP contribution < -0.4 is 10.1 Å². The van der Waals surface area contributed by atoms with Gasteiger partial charge in [0.1, 0.15) is 11.4 Å². The minimum atomic E-state index is -4.83. The lowest BCUT2D eigenvalue weighted by Gasteiger charge is -2.17. The molecule has 2 aromatic carbocycles. The topological polar surface area (TPSA) is 58.6 Å². The van der Waals surface area contributed by atoms with Crippen LogP contribution in [0.3, 0.4) is 0 Å². The number of ether oxygens (including phenoxy) is 1. The quantitative estimate of drug-likeness (QED) is 0.724. The Kier molecular flexibility index (Phi) is 5.63. The second kappa shape index (κ2) is 7.98. The van der Waals surface area contributed by atoms with Crippen molar-refractivity contribution in [1.82, 2.24) is 4.90 Å². The zero-order valence-electron chi connectivity index (χ0n) is 15.8. The lowest BCUT2D eigenvalue weighted by atomic mass is 10.0. The number of hydrogen-bond donors (Lipinski definition) is 1. The number of nitrogens with one attached hydrogen (secondary N) is 1. The van der Waals surface area contributed by atoms with Gasteiger partial charge in [0.15, 0.2) is 0 Å². The summed E-state index contributed by atoms with van der Waals surface area (Å²) in [5.41, 5.74) is 0.939. The van der Waals surface area contributed by atoms with Crippen molar-refractivity contribution in [2.24, 2.45) is 5.92 Å². The van der Waals surface area contributed by atoms with Crippen LogP contribution in [0, 0.1) is 5.92 Å². The molecule has 1 aliphatic rings. The van der Waals surface area contributed by atoms with Crippen molar-refractivity contribution >= 4 is 23.1 Å². The van der Waals surface area contributed by atoms with Crippen LogP contribution in [-0.4, -0.2) is 29.6 Å². The van der Waals surface area contributed by atoms with E-state index in [0.717, 1.165) is 17.0 Å². The van der Waals surface area contributed by atoms with E-state index in [2.05, 4.69) is 10.1 Å². The molecule has 0 bridgehead atoms. The van der Waals surface area contributed by atoms with Gasteiger partial charge in [-0.25, -0.2) is 0 Å². The van der Waals surface area contributed by atoms with Crippen molar-refractivity contribution in [3.05, 3.63) is 65.9 Å². The Morgan fingerprint density at radius 3 is 2.31 bits per heavy atom. The number of benzene rings is 2. The molecule has 1 aliphatic heterocycles. The van der Waals surface area contributed by atoms with Gasteiger partial charge in [-0.1, -0.05) is 50.2 Å². The summed E-state index contributed by atoms with van der Waals surface area (Å²) in [4.78, 5) is 27.0. The summed E-state index contributed by atoms with van der Waals surface area (Å²) >= 11 is 0. The van der Waals surface area contributed by atoms with Gasteiger partial charge in [0, 0.05) is 18.3 Å². The largest absolute Gasteiger partial charge is 0.573 e. The van der Waals surface area contributed by atoms with E-state index >= 15 is 0 Å². The number of alkyl halides is 3. The van der Waals surface area contributed by atoms with Crippen molar-refractivity contribution in [3.8, 4) is 5.75 Å². The Morgan fingerprint density at radius 1 is 1.00 bits per heavy atom. The fraction of sp³-hybridized carbons (Fsp3) is 0.238. The van der Waals surface area contributed by atoms with E-state index in [1.54, 1.807) is 30.3 Å². The molecule has 2 amide bonds. The van der Waals surface area contributed by atoms with E-state index in [0.29, 0.717) is 5.56 Å². The van der Waals surface area contributed by atoms with Gasteiger partial charge in [-0.05, 0) is 23.6 Å². The van der Waals surface area contributed by atoms with Crippen molar-refractivity contribution in [1.29, 1.82) is 0 Å². The number of rotatable bonds is 6. The lowest BCUT2D eigenvalue weighted by Crippen LogP contribution is -2.35. The highest BCUT2D eigenvalue weighted by molar-refractivity contribution is 6.36. The standard InChI is InChI=1S/C21H19F3N2O3/c1-13(2)12-26-19(27)17(14-7-4-3-5-8-14)18(20(26)28)25-15-9-6-10-16(11-15)29-21(22,23)24/h3-11,13,25H,12H2,1-2H3. The number of carbonyl (C=O) groups is 2. The molecule has 0 fully saturated rings. The maximum atomic E-state index is 12.9. The first-order valence-corrected chi connectivity index (χ1v) is 8.94. The Labute approximate surface area is 165 Å². The Morgan fingerprint density at radius 2 is 1.69 bits per heavy atom. The van der Waals surface area contributed by atoms with E-state index in [9.17, 15) is 22.8 Å². The van der Waals surface area contributed by atoms with Crippen LogP contribution in [0.25, 0.3) is 5.57 Å². The Hall–Kier alpha value is -3.29. The van der Waals surface area contributed by atoms with Crippen LogP contribution in [0.5, 0.6) is 5.75 Å². The molecule has 0 aliphatic carbocycles. The highest BCUT2D eigenvalue weighted by atomic mass is 19.4. The molecule has 0 spiro atoms. The van der Waals surface area contributed by atoms with Crippen LogP contribution in [0.15, 0.2) is 60.3 Å². The van der Waals surface area contributed by atoms with Crippen molar-refractivity contribution in [3.63, 3.8) is 0 Å². The molecule has 0 aromatic heterocycles. The van der Waals surface area contributed by atoms with Crippen LogP contribution in [0.1, 0.15) is 19.4 Å². The summed E-state index contributed by atoms with van der Waals surface area (Å²) in [5, 5.41) is 2.82. The first-order chi connectivity index (χ1) is 13.7. The second-order valence-electron chi connectivity index (χ2n) is 6.93. The van der Waals surface area contributed by atoms with E-state index in [-0.39, 0.29) is 29.4 Å². The van der Waals surface area contributed by atoms with Crippen LogP contribution in [0.4, 0.5) is 18.9 Å². The zero-order chi connectivity index (χ0) is 21.2. The summed E-state index contributed by atoms with van der Waals surface area (Å²) < 4.78 is 41.4. The third-order valence-corrected chi connectivity index (χ3v) is 4.12. The number of amides is 2. The smallest absolute Gasteiger partial charge is 0.406 e. The summed E-state index contributed by atoms with van der Waals surface area (Å²) in [6.45, 7) is 3.99. The molecule has 8 heteroatoms. The molecule has 0 radical (unpaired) electrons. The van der Waals surface area contributed by atoms with Gasteiger partial charge in [-0.3, -0.25) is 14.5 Å². The van der Waals surface area contributed by atoms with Crippen molar-refractivity contribution in [2.75, 3.05) is 11.9 Å². The summed E-state index contributed by atoms with van der Waals surface area (Å²) in [5.74, 6) is -1.34. The maximum absolute atomic E-state index is 12.9. The molecule has 0 saturated carbocycles. The first kappa shape index (κ1) is 20.4. The monoisotopic (exact) mass is 404 g/mol. The number of halogens is 3. The molecule has 2 aromatic rings. The third-order valence-electron chi connectivity index (χ3n) is 4.12. The van der Waals surface area contributed by atoms with Gasteiger partial charge in [0.2, 0.25) is 0 Å². The van der Waals surface area contributed by atoms with Gasteiger partial charge >= 0.3 is 6.36 Å². The normalized spacial score (nSPS) is 14.8. The Balaban J connectivity index is 1.99. The highest BCUT2D eigenvalue weighted by Crippen LogP contribution is 2.32. The molecular formula is C21H19F3N2O3. The predicted octanol–water partition coefficient (Wildman–Crippen LogP) is 4.43. The summed E-state index contributed by atoms with van der Waals surface area (Å²) in [6, 6.07) is 13.8. The Bertz CT molecular complexity index is 953. The molecule has 3 rings (SSSR count). The number of hydrogen-bond acceptors (Lipinski definition) is 4. The van der Waals surface area contributed by atoms with Gasteiger partial charge in [-0.15, -0.1) is 13.2 Å². The van der Waals surface area contributed by atoms with Crippen LogP contribution in [-0.2, 0) is 9.59 Å². The number of anilines is 1. The second-order valence-corrected chi connectivity index (χ2v) is 6.93. The highest BCUT2D eigenvalue weighted by Gasteiger charge is 2.39. The maximum Gasteiger partial charge on any atom is 0.573 e. The molecule has 0 saturated heterocycles. The predicted molar refractivity (Wildman–Crippen MR) is 102 cm³/mol. The van der Waals surface area contributed by atoms with Gasteiger partial charge in [-0.2, -0.15) is 0 Å². The fourth-order valence-electron chi connectivity index (χ4n) is 3.01. The van der Waals surface area contributed by atoms with Gasteiger partial charge < -0.3 is 10.1 Å². The molecule has 29 heavy (non-hydrogen) atoms. The van der Waals surface area contributed by atoms with Crippen LogP contribution >= 0.6 is 0 Å². The number of carbonyl (C=O) groups excluding carboxylic acids is 2. The average Bonchev–Trinajstić information content (AvgIpc) is 2.85. The van der Waals surface area contributed by atoms with E-state index in [1.807, 2.05) is 13.8 Å². The fourth-order valence-corrected chi connectivity index (χ4v) is 3.01. The minimum absolute atomic E-state index is 0.0195. The van der Waals surface area contributed by atoms with Gasteiger partial charge in [0.25, 0.3) is 11.8 Å². The SMILES string of the molecule is CC(C)CN1C(=O)C(Nc2cccc(OC(F)(F)F)c2)=C(c2ccccc2)C1=O. The van der Waals surface area contributed by atoms with Crippen LogP contribution in [0.2, 0.25) is 0 Å². The molecule has 0 unspecified atom stereocenters. The molecule has 1 heterocycles.